The van der Waals surface area contributed by atoms with Gasteiger partial charge in [-0.2, -0.15) is 0 Å². The van der Waals surface area contributed by atoms with E-state index in [4.69, 9.17) is 14.2 Å². The van der Waals surface area contributed by atoms with Gasteiger partial charge in [0.15, 0.2) is 11.5 Å². The molecule has 7 nitrogen and oxygen atoms in total. The predicted molar refractivity (Wildman–Crippen MR) is 131 cm³/mol. The van der Waals surface area contributed by atoms with Gasteiger partial charge in [-0.3, -0.25) is 9.59 Å². The largest absolute Gasteiger partial charge is 0.490 e. The molecule has 0 aromatic heterocycles. The molecule has 34 heavy (non-hydrogen) atoms. The molecule has 184 valence electrons. The maximum atomic E-state index is 13.5. The van der Waals surface area contributed by atoms with E-state index in [0.29, 0.717) is 62.3 Å². The number of nitrogens with zero attached hydrogens (tertiary/aromatic N) is 1. The van der Waals surface area contributed by atoms with Crippen LogP contribution >= 0.6 is 0 Å². The first kappa shape index (κ1) is 25.4. The van der Waals surface area contributed by atoms with Crippen molar-refractivity contribution in [3.05, 3.63) is 53.6 Å². The molecule has 1 N–H and O–H groups in total. The zero-order valence-corrected chi connectivity index (χ0v) is 20.7. The number of benzene rings is 2. The van der Waals surface area contributed by atoms with E-state index in [9.17, 15) is 9.59 Å². The van der Waals surface area contributed by atoms with Gasteiger partial charge in [-0.25, -0.2) is 0 Å². The summed E-state index contributed by atoms with van der Waals surface area (Å²) in [5, 5.41) is 3.05. The molecule has 3 rings (SSSR count). The minimum atomic E-state index is -0.653. The summed E-state index contributed by atoms with van der Waals surface area (Å²) in [4.78, 5) is 28.4. The molecule has 1 aliphatic rings. The van der Waals surface area contributed by atoms with Gasteiger partial charge in [-0.1, -0.05) is 30.3 Å². The van der Waals surface area contributed by atoms with Crippen molar-refractivity contribution in [2.45, 2.75) is 47.1 Å². The zero-order valence-electron chi connectivity index (χ0n) is 20.7. The Balaban J connectivity index is 1.78. The predicted octanol–water partition coefficient (Wildman–Crippen LogP) is 4.44. The lowest BCUT2D eigenvalue weighted by molar-refractivity contribution is -0.132. The summed E-state index contributed by atoms with van der Waals surface area (Å²) >= 11 is 0. The van der Waals surface area contributed by atoms with Crippen molar-refractivity contribution >= 4 is 11.8 Å². The zero-order chi connectivity index (χ0) is 24.6. The molecule has 2 aromatic carbocycles. The molecule has 1 heterocycles. The average Bonchev–Trinajstić information content (AvgIpc) is 2.84. The normalized spacial score (nSPS) is 17.7. The van der Waals surface area contributed by atoms with Crippen molar-refractivity contribution in [1.29, 1.82) is 0 Å². The Kier molecular flexibility index (Phi) is 8.79. The quantitative estimate of drug-likeness (QED) is 0.558. The van der Waals surface area contributed by atoms with Gasteiger partial charge >= 0.3 is 0 Å². The average molecular weight is 469 g/mol. The number of ether oxygens (including phenoxy) is 3. The first-order valence-electron chi connectivity index (χ1n) is 12.1. The lowest BCUT2D eigenvalue weighted by atomic mass is 9.80. The maximum Gasteiger partial charge on any atom is 0.254 e. The van der Waals surface area contributed by atoms with Crippen molar-refractivity contribution in [3.63, 3.8) is 0 Å². The van der Waals surface area contributed by atoms with Crippen molar-refractivity contribution in [2.24, 2.45) is 5.41 Å². The van der Waals surface area contributed by atoms with Crippen LogP contribution in [0.15, 0.2) is 42.5 Å². The SMILES string of the molecule is CCOc1cc(C(=O)N2CCCC(C)(C(=O)NCc3ccccc3)C2)cc(OCC)c1OCC. The van der Waals surface area contributed by atoms with Crippen molar-refractivity contribution in [2.75, 3.05) is 32.9 Å². The molecular formula is C27H36N2O5. The number of hydrogen-bond donors (Lipinski definition) is 1. The summed E-state index contributed by atoms with van der Waals surface area (Å²) in [6.07, 6.45) is 1.49. The molecule has 1 atom stereocenters. The number of piperidine rings is 1. The van der Waals surface area contributed by atoms with Crippen LogP contribution in [0.4, 0.5) is 0 Å². The molecule has 1 saturated heterocycles. The van der Waals surface area contributed by atoms with Gasteiger partial charge in [0.25, 0.3) is 5.91 Å². The molecule has 1 unspecified atom stereocenters. The number of carbonyl (C=O) groups excluding carboxylic acids is 2. The van der Waals surface area contributed by atoms with E-state index in [2.05, 4.69) is 5.32 Å². The highest BCUT2D eigenvalue weighted by molar-refractivity contribution is 5.96. The molecular weight excluding hydrogens is 432 g/mol. The standard InChI is InChI=1S/C27H36N2O5/c1-5-32-22-16-21(17-23(33-6-2)24(22)34-7-3)25(30)29-15-11-14-27(4,19-29)26(31)28-18-20-12-9-8-10-13-20/h8-10,12-13,16-17H,5-7,11,14-15,18-19H2,1-4H3,(H,28,31). The Hall–Kier alpha value is -3.22. The maximum absolute atomic E-state index is 13.5. The van der Waals surface area contributed by atoms with E-state index >= 15 is 0 Å². The molecule has 1 aliphatic heterocycles. The summed E-state index contributed by atoms with van der Waals surface area (Å²) in [6.45, 7) is 10.3. The molecule has 7 heteroatoms. The Morgan fingerprint density at radius 3 is 2.18 bits per heavy atom. The second-order valence-electron chi connectivity index (χ2n) is 8.66. The number of carbonyl (C=O) groups is 2. The molecule has 0 spiro atoms. The van der Waals surface area contributed by atoms with Crippen molar-refractivity contribution in [3.8, 4) is 17.2 Å². The van der Waals surface area contributed by atoms with E-state index in [0.717, 1.165) is 18.4 Å². The number of likely N-dealkylation sites (tertiary alicyclic amines) is 1. The van der Waals surface area contributed by atoms with E-state index in [-0.39, 0.29) is 11.8 Å². The fraction of sp³-hybridized carbons (Fsp3) is 0.481. The van der Waals surface area contributed by atoms with E-state index in [1.807, 2.05) is 58.0 Å². The monoisotopic (exact) mass is 468 g/mol. The molecule has 0 bridgehead atoms. The smallest absolute Gasteiger partial charge is 0.254 e. The molecule has 0 saturated carbocycles. The third kappa shape index (κ3) is 6.01. The summed E-state index contributed by atoms with van der Waals surface area (Å²) < 4.78 is 17.3. The van der Waals surface area contributed by atoms with Crippen LogP contribution in [-0.2, 0) is 11.3 Å². The fourth-order valence-corrected chi connectivity index (χ4v) is 4.28. The lowest BCUT2D eigenvalue weighted by Gasteiger charge is -2.39. The van der Waals surface area contributed by atoms with Gasteiger partial charge < -0.3 is 24.4 Å². The Bertz CT molecular complexity index is 951. The third-order valence-electron chi connectivity index (χ3n) is 5.98. The highest BCUT2D eigenvalue weighted by Crippen LogP contribution is 2.40. The van der Waals surface area contributed by atoms with Crippen LogP contribution in [-0.4, -0.2) is 49.6 Å². The first-order chi connectivity index (χ1) is 16.4. The minimum Gasteiger partial charge on any atom is -0.490 e. The van der Waals surface area contributed by atoms with Gasteiger partial charge in [0.2, 0.25) is 11.7 Å². The van der Waals surface area contributed by atoms with Gasteiger partial charge in [0.05, 0.1) is 25.2 Å². The van der Waals surface area contributed by atoms with Gasteiger partial charge in [-0.15, -0.1) is 0 Å². The van der Waals surface area contributed by atoms with Gasteiger partial charge in [0.1, 0.15) is 0 Å². The summed E-state index contributed by atoms with van der Waals surface area (Å²) in [5.74, 6) is 1.29. The van der Waals surface area contributed by atoms with Crippen LogP contribution < -0.4 is 19.5 Å². The number of nitrogens with one attached hydrogen (secondary N) is 1. The van der Waals surface area contributed by atoms with E-state index < -0.39 is 5.41 Å². The molecule has 0 radical (unpaired) electrons. The Morgan fingerprint density at radius 1 is 0.971 bits per heavy atom. The van der Waals surface area contributed by atoms with Crippen LogP contribution in [0.2, 0.25) is 0 Å². The molecule has 2 aromatic rings. The van der Waals surface area contributed by atoms with Crippen LogP contribution in [0.5, 0.6) is 17.2 Å². The Morgan fingerprint density at radius 2 is 1.59 bits per heavy atom. The van der Waals surface area contributed by atoms with Crippen LogP contribution in [0.25, 0.3) is 0 Å². The summed E-state index contributed by atoms with van der Waals surface area (Å²) in [5.41, 5.74) is 0.855. The topological polar surface area (TPSA) is 77.1 Å². The van der Waals surface area contributed by atoms with Crippen LogP contribution in [0.1, 0.15) is 56.5 Å². The third-order valence-corrected chi connectivity index (χ3v) is 5.98. The second-order valence-corrected chi connectivity index (χ2v) is 8.66. The minimum absolute atomic E-state index is 0.0365. The molecule has 0 aliphatic carbocycles. The van der Waals surface area contributed by atoms with E-state index in [1.165, 1.54) is 0 Å². The molecule has 2 amide bonds. The van der Waals surface area contributed by atoms with Crippen LogP contribution in [0.3, 0.4) is 0 Å². The first-order valence-corrected chi connectivity index (χ1v) is 12.1. The highest BCUT2D eigenvalue weighted by atomic mass is 16.5. The number of amides is 2. The van der Waals surface area contributed by atoms with E-state index in [1.54, 1.807) is 17.0 Å². The fourth-order valence-electron chi connectivity index (χ4n) is 4.28. The number of hydrogen-bond acceptors (Lipinski definition) is 5. The van der Waals surface area contributed by atoms with Gasteiger partial charge in [-0.05, 0) is 58.2 Å². The van der Waals surface area contributed by atoms with Gasteiger partial charge in [0, 0.05) is 25.2 Å². The number of rotatable bonds is 10. The lowest BCUT2D eigenvalue weighted by Crippen LogP contribution is -2.51. The molecule has 1 fully saturated rings. The van der Waals surface area contributed by atoms with Crippen LogP contribution in [0, 0.1) is 5.41 Å². The summed E-state index contributed by atoms with van der Waals surface area (Å²) in [7, 11) is 0. The second kappa shape index (κ2) is 11.8. The Labute approximate surface area is 202 Å². The van der Waals surface area contributed by atoms with Crippen molar-refractivity contribution < 1.29 is 23.8 Å². The van der Waals surface area contributed by atoms with Crippen molar-refractivity contribution in [1.82, 2.24) is 10.2 Å². The highest BCUT2D eigenvalue weighted by Gasteiger charge is 2.39. The summed E-state index contributed by atoms with van der Waals surface area (Å²) in [6, 6.07) is 13.2.